The molecule has 7 nitrogen and oxygen atoms in total. The maximum absolute atomic E-state index is 12.8. The van der Waals surface area contributed by atoms with Crippen LogP contribution < -0.4 is 4.90 Å². The molecule has 1 aliphatic rings. The van der Waals surface area contributed by atoms with E-state index >= 15 is 0 Å². The number of non-ortho nitro benzene ring substituents is 1. The van der Waals surface area contributed by atoms with Gasteiger partial charge in [0.05, 0.1) is 21.8 Å². The molecule has 0 N–H and O–H groups in total. The number of alkyl halides is 3. The van der Waals surface area contributed by atoms with Crippen LogP contribution in [0.2, 0.25) is 0 Å². The van der Waals surface area contributed by atoms with Gasteiger partial charge < -0.3 is 4.90 Å². The first-order valence-electron chi connectivity index (χ1n) is 6.44. The Labute approximate surface area is 122 Å². The molecule has 0 aliphatic carbocycles. The second-order valence-electron chi connectivity index (χ2n) is 5.01. The van der Waals surface area contributed by atoms with Crippen molar-refractivity contribution in [2.75, 3.05) is 18.0 Å². The van der Waals surface area contributed by atoms with Gasteiger partial charge in [0.2, 0.25) is 0 Å². The Morgan fingerprint density at radius 2 is 1.86 bits per heavy atom. The van der Waals surface area contributed by atoms with E-state index < -0.39 is 33.3 Å². The van der Waals surface area contributed by atoms with E-state index in [2.05, 4.69) is 0 Å². The smallest absolute Gasteiger partial charge is 0.365 e. The number of halogens is 3. The third-order valence-electron chi connectivity index (χ3n) is 3.59. The largest absolute Gasteiger partial charge is 0.393 e. The monoisotopic (exact) mass is 319 g/mol. The number of anilines is 1. The summed E-state index contributed by atoms with van der Waals surface area (Å²) in [6.07, 6.45) is -4.15. The van der Waals surface area contributed by atoms with E-state index in [0.29, 0.717) is 0 Å². The quantitative estimate of drug-likeness (QED) is 0.630. The third kappa shape index (κ3) is 3.26. The third-order valence-corrected chi connectivity index (χ3v) is 3.59. The van der Waals surface area contributed by atoms with Gasteiger partial charge in [-0.3, -0.25) is 20.2 Å². The van der Waals surface area contributed by atoms with Gasteiger partial charge in [-0.1, -0.05) is 0 Å². The van der Waals surface area contributed by atoms with Crippen LogP contribution in [0.15, 0.2) is 18.2 Å². The summed E-state index contributed by atoms with van der Waals surface area (Å²) in [4.78, 5) is 21.4. The van der Waals surface area contributed by atoms with Crippen molar-refractivity contribution in [3.63, 3.8) is 0 Å². The normalized spacial score (nSPS) is 19.0. The van der Waals surface area contributed by atoms with Gasteiger partial charge in [0.1, 0.15) is 5.69 Å². The average molecular weight is 319 g/mol. The molecule has 2 rings (SSSR count). The zero-order valence-corrected chi connectivity index (χ0v) is 11.2. The van der Waals surface area contributed by atoms with Gasteiger partial charge in [0.15, 0.2) is 0 Å². The van der Waals surface area contributed by atoms with Crippen LogP contribution in [0.4, 0.5) is 30.2 Å². The molecular weight excluding hydrogens is 307 g/mol. The molecule has 0 saturated carbocycles. The van der Waals surface area contributed by atoms with E-state index in [1.54, 1.807) is 0 Å². The van der Waals surface area contributed by atoms with Gasteiger partial charge >= 0.3 is 6.18 Å². The molecule has 0 bridgehead atoms. The van der Waals surface area contributed by atoms with E-state index in [4.69, 9.17) is 0 Å². The summed E-state index contributed by atoms with van der Waals surface area (Å²) in [5, 5.41) is 21.7. The van der Waals surface area contributed by atoms with Crippen molar-refractivity contribution < 1.29 is 23.0 Å². The minimum Gasteiger partial charge on any atom is -0.365 e. The summed E-state index contributed by atoms with van der Waals surface area (Å²) in [7, 11) is 0. The SMILES string of the molecule is O=[N+]([O-])c1ccc(N2CCC[C@H](C(F)(F)F)C2)c([N+](=O)[O-])c1. The molecule has 1 saturated heterocycles. The van der Waals surface area contributed by atoms with Gasteiger partial charge in [0.25, 0.3) is 11.4 Å². The van der Waals surface area contributed by atoms with Gasteiger partial charge in [-0.2, -0.15) is 13.2 Å². The van der Waals surface area contributed by atoms with Crippen LogP contribution in [0, 0.1) is 26.1 Å². The first kappa shape index (κ1) is 16.0. The van der Waals surface area contributed by atoms with Crippen molar-refractivity contribution in [2.45, 2.75) is 19.0 Å². The Balaban J connectivity index is 2.35. The van der Waals surface area contributed by atoms with Crippen LogP contribution in [0.1, 0.15) is 12.8 Å². The molecule has 0 spiro atoms. The molecular formula is C12H12F3N3O4. The fraction of sp³-hybridized carbons (Fsp3) is 0.500. The topological polar surface area (TPSA) is 89.5 Å². The van der Waals surface area contributed by atoms with E-state index in [9.17, 15) is 33.4 Å². The van der Waals surface area contributed by atoms with Crippen molar-refractivity contribution in [1.29, 1.82) is 0 Å². The van der Waals surface area contributed by atoms with E-state index in [0.717, 1.165) is 18.2 Å². The fourth-order valence-electron chi connectivity index (χ4n) is 2.50. The van der Waals surface area contributed by atoms with Crippen LogP contribution in [0.25, 0.3) is 0 Å². The zero-order chi connectivity index (χ0) is 16.5. The predicted octanol–water partition coefficient (Wildman–Crippen LogP) is 3.28. The molecule has 10 heteroatoms. The Hall–Kier alpha value is -2.39. The molecule has 0 aromatic heterocycles. The van der Waals surface area contributed by atoms with Crippen molar-refractivity contribution in [1.82, 2.24) is 0 Å². The van der Waals surface area contributed by atoms with Crippen LogP contribution in [0.3, 0.4) is 0 Å². The number of nitro benzene ring substituents is 2. The summed E-state index contributed by atoms with van der Waals surface area (Å²) < 4.78 is 38.4. The highest BCUT2D eigenvalue weighted by atomic mass is 19.4. The molecule has 0 amide bonds. The van der Waals surface area contributed by atoms with Crippen LogP contribution in [-0.2, 0) is 0 Å². The molecule has 0 unspecified atom stereocenters. The first-order valence-corrected chi connectivity index (χ1v) is 6.44. The Kier molecular flexibility index (Phi) is 4.20. The lowest BCUT2D eigenvalue weighted by atomic mass is 9.97. The van der Waals surface area contributed by atoms with E-state index in [1.807, 2.05) is 0 Å². The zero-order valence-electron chi connectivity index (χ0n) is 11.2. The lowest BCUT2D eigenvalue weighted by molar-refractivity contribution is -0.393. The minimum atomic E-state index is -4.37. The number of hydrogen-bond acceptors (Lipinski definition) is 5. The Morgan fingerprint density at radius 3 is 2.41 bits per heavy atom. The number of nitro groups is 2. The molecule has 0 radical (unpaired) electrons. The summed E-state index contributed by atoms with van der Waals surface area (Å²) in [6, 6.07) is 2.96. The van der Waals surface area contributed by atoms with E-state index in [-0.39, 0.29) is 31.6 Å². The van der Waals surface area contributed by atoms with Crippen molar-refractivity contribution >= 4 is 17.1 Å². The van der Waals surface area contributed by atoms with Crippen LogP contribution in [0.5, 0.6) is 0 Å². The lowest BCUT2D eigenvalue weighted by Gasteiger charge is -2.34. The minimum absolute atomic E-state index is 0.0236. The van der Waals surface area contributed by atoms with Gasteiger partial charge in [0, 0.05) is 19.2 Å². The molecule has 22 heavy (non-hydrogen) atoms. The molecule has 1 fully saturated rings. The Bertz CT molecular complexity index is 606. The van der Waals surface area contributed by atoms with Crippen LogP contribution >= 0.6 is 0 Å². The second-order valence-corrected chi connectivity index (χ2v) is 5.01. The second kappa shape index (κ2) is 5.78. The number of nitrogens with zero attached hydrogens (tertiary/aromatic N) is 3. The molecule has 1 aromatic carbocycles. The van der Waals surface area contributed by atoms with Crippen LogP contribution in [-0.4, -0.2) is 29.1 Å². The fourth-order valence-corrected chi connectivity index (χ4v) is 2.50. The highest BCUT2D eigenvalue weighted by Gasteiger charge is 2.42. The Morgan fingerprint density at radius 1 is 1.18 bits per heavy atom. The summed E-state index contributed by atoms with van der Waals surface area (Å²) in [5.41, 5.74) is -1.05. The number of benzene rings is 1. The first-order chi connectivity index (χ1) is 10.2. The van der Waals surface area contributed by atoms with E-state index in [1.165, 1.54) is 4.90 Å². The molecule has 1 atom stereocenters. The van der Waals surface area contributed by atoms with Crippen molar-refractivity contribution in [2.24, 2.45) is 5.92 Å². The summed E-state index contributed by atoms with van der Waals surface area (Å²) >= 11 is 0. The summed E-state index contributed by atoms with van der Waals surface area (Å²) in [5.74, 6) is -1.56. The number of rotatable bonds is 3. The average Bonchev–Trinajstić information content (AvgIpc) is 2.45. The molecule has 1 heterocycles. The standard InChI is InChI=1S/C12H12F3N3O4/c13-12(14,15)8-2-1-5-16(7-8)10-4-3-9(17(19)20)6-11(10)18(21)22/h3-4,6,8H,1-2,5,7H2/t8-/m0/s1. The lowest BCUT2D eigenvalue weighted by Crippen LogP contribution is -2.42. The molecule has 1 aromatic rings. The van der Waals surface area contributed by atoms with Crippen molar-refractivity contribution in [3.8, 4) is 0 Å². The van der Waals surface area contributed by atoms with Gasteiger partial charge in [-0.05, 0) is 18.9 Å². The maximum atomic E-state index is 12.8. The van der Waals surface area contributed by atoms with Gasteiger partial charge in [-0.15, -0.1) is 0 Å². The molecule has 1 aliphatic heterocycles. The van der Waals surface area contributed by atoms with Crippen molar-refractivity contribution in [3.05, 3.63) is 38.4 Å². The highest BCUT2D eigenvalue weighted by molar-refractivity contribution is 5.67. The number of piperidine rings is 1. The highest BCUT2D eigenvalue weighted by Crippen LogP contribution is 2.38. The summed E-state index contributed by atoms with van der Waals surface area (Å²) in [6.45, 7) is -0.145. The molecule has 120 valence electrons. The van der Waals surface area contributed by atoms with Gasteiger partial charge in [-0.25, -0.2) is 0 Å². The maximum Gasteiger partial charge on any atom is 0.393 e. The number of hydrogen-bond donors (Lipinski definition) is 0. The predicted molar refractivity (Wildman–Crippen MR) is 70.7 cm³/mol.